The molecule has 4 heteroatoms. The topological polar surface area (TPSA) is 19.7 Å². The van der Waals surface area contributed by atoms with Crippen molar-refractivity contribution in [2.75, 3.05) is 18.2 Å². The smallest absolute Gasteiger partial charge is 0.182 e. The maximum absolute atomic E-state index is 5.56. The molecule has 21 heavy (non-hydrogen) atoms. The number of hydrogen-bond acceptors (Lipinski definition) is 1. The number of nitrogens with one attached hydrogen (secondary N) is 2. The van der Waals surface area contributed by atoms with Crippen molar-refractivity contribution >= 4 is 23.0 Å². The number of hydrogen-bond donors (Lipinski definition) is 2. The van der Waals surface area contributed by atoms with Crippen molar-refractivity contribution in [2.24, 2.45) is 0 Å². The minimum absolute atomic E-state index is 0.794. The highest BCUT2D eigenvalue weighted by Gasteiger charge is 2.31. The lowest BCUT2D eigenvalue weighted by atomic mass is 9.94. The molecule has 114 valence electrons. The van der Waals surface area contributed by atoms with Gasteiger partial charge in [-0.1, -0.05) is 24.1 Å². The summed E-state index contributed by atoms with van der Waals surface area (Å²) in [5, 5.41) is 4.32. The van der Waals surface area contributed by atoms with E-state index in [4.69, 9.17) is 12.2 Å². The van der Waals surface area contributed by atoms with E-state index in [0.717, 1.165) is 24.5 Å². The third-order valence-electron chi connectivity index (χ3n) is 4.90. The molecule has 3 nitrogen and oxygen atoms in total. The van der Waals surface area contributed by atoms with E-state index >= 15 is 0 Å². The van der Waals surface area contributed by atoms with Crippen LogP contribution in [0.2, 0.25) is 0 Å². The van der Waals surface area contributed by atoms with Crippen LogP contribution < -0.4 is 15.1 Å². The second kappa shape index (κ2) is 6.32. The first-order valence-electron chi connectivity index (χ1n) is 8.12. The van der Waals surface area contributed by atoms with E-state index in [-0.39, 0.29) is 0 Å². The summed E-state index contributed by atoms with van der Waals surface area (Å²) in [5.74, 6) is 0. The molecule has 0 aromatic heterocycles. The Morgan fingerprint density at radius 2 is 1.95 bits per heavy atom. The monoisotopic (exact) mass is 304 g/mol. The first-order chi connectivity index (χ1) is 10.1. The van der Waals surface area contributed by atoms with E-state index in [2.05, 4.69) is 42.3 Å². The average Bonchev–Trinajstić information content (AvgIpc) is 2.49. The number of quaternary nitrogens is 1. The quantitative estimate of drug-likeness (QED) is 0.817. The van der Waals surface area contributed by atoms with Gasteiger partial charge in [0.25, 0.3) is 0 Å². The summed E-state index contributed by atoms with van der Waals surface area (Å²) in [6.07, 6.45) is 6.93. The number of rotatable bonds is 2. The molecule has 0 amide bonds. The molecule has 3 rings (SSSR count). The molecule has 1 unspecified atom stereocenters. The van der Waals surface area contributed by atoms with Crippen LogP contribution in [0.4, 0.5) is 5.69 Å². The molecule has 2 fully saturated rings. The van der Waals surface area contributed by atoms with E-state index in [0.29, 0.717) is 0 Å². The lowest BCUT2D eigenvalue weighted by Crippen LogP contribution is -3.20. The largest absolute Gasteiger partial charge is 0.315 e. The molecule has 1 aromatic carbocycles. The zero-order chi connectivity index (χ0) is 14.8. The molecule has 1 saturated carbocycles. The molecule has 0 bridgehead atoms. The Labute approximate surface area is 133 Å². The number of nitrogens with zero attached hydrogens (tertiary/aromatic N) is 1. The fraction of sp³-hybridized carbons (Fsp3) is 0.588. The van der Waals surface area contributed by atoms with Crippen molar-refractivity contribution < 1.29 is 4.90 Å². The van der Waals surface area contributed by atoms with Gasteiger partial charge in [0.2, 0.25) is 0 Å². The van der Waals surface area contributed by atoms with E-state index in [1.54, 1.807) is 4.90 Å². The van der Waals surface area contributed by atoms with Gasteiger partial charge in [0, 0.05) is 0 Å². The normalized spacial score (nSPS) is 24.0. The van der Waals surface area contributed by atoms with Gasteiger partial charge >= 0.3 is 0 Å². The van der Waals surface area contributed by atoms with Crippen molar-refractivity contribution in [3.8, 4) is 0 Å². The number of thiocarbonyl (C=S) groups is 1. The second-order valence-electron chi connectivity index (χ2n) is 6.53. The SMILES string of the molecule is Cc1ccc(N2C[NH+](C3CCCCC3)CNC2=S)c(C)c1. The fourth-order valence-electron chi connectivity index (χ4n) is 3.70. The fourth-order valence-corrected chi connectivity index (χ4v) is 3.94. The summed E-state index contributed by atoms with van der Waals surface area (Å²) in [6, 6.07) is 7.43. The Kier molecular flexibility index (Phi) is 4.45. The Hall–Kier alpha value is -1.13. The second-order valence-corrected chi connectivity index (χ2v) is 6.91. The van der Waals surface area contributed by atoms with E-state index in [9.17, 15) is 0 Å². The lowest BCUT2D eigenvalue weighted by Gasteiger charge is -2.40. The van der Waals surface area contributed by atoms with Gasteiger partial charge in [-0.3, -0.25) is 9.80 Å². The third-order valence-corrected chi connectivity index (χ3v) is 5.26. The van der Waals surface area contributed by atoms with Crippen LogP contribution in [0.25, 0.3) is 0 Å². The van der Waals surface area contributed by atoms with E-state index in [1.165, 1.54) is 48.9 Å². The third kappa shape index (κ3) is 3.22. The first kappa shape index (κ1) is 14.8. The summed E-state index contributed by atoms with van der Waals surface area (Å²) in [4.78, 5) is 3.93. The minimum atomic E-state index is 0.794. The molecular formula is C17H26N3S+. The molecule has 1 atom stereocenters. The van der Waals surface area contributed by atoms with Crippen molar-refractivity contribution in [3.05, 3.63) is 29.3 Å². The van der Waals surface area contributed by atoms with Crippen LogP contribution in [0.1, 0.15) is 43.2 Å². The summed E-state index contributed by atoms with van der Waals surface area (Å²) in [5.41, 5.74) is 3.87. The highest BCUT2D eigenvalue weighted by Crippen LogP contribution is 2.22. The summed E-state index contributed by atoms with van der Waals surface area (Å²) < 4.78 is 0. The van der Waals surface area contributed by atoms with Crippen LogP contribution in [0, 0.1) is 13.8 Å². The molecular weight excluding hydrogens is 278 g/mol. The van der Waals surface area contributed by atoms with Crippen LogP contribution in [-0.4, -0.2) is 24.5 Å². The molecule has 0 radical (unpaired) electrons. The summed E-state index contributed by atoms with van der Waals surface area (Å²) in [7, 11) is 0. The number of aryl methyl sites for hydroxylation is 2. The average molecular weight is 304 g/mol. The zero-order valence-electron chi connectivity index (χ0n) is 13.1. The van der Waals surface area contributed by atoms with Gasteiger partial charge in [0.1, 0.15) is 0 Å². The van der Waals surface area contributed by atoms with Gasteiger partial charge < -0.3 is 5.32 Å². The summed E-state index contributed by atoms with van der Waals surface area (Å²) >= 11 is 5.56. The minimum Gasteiger partial charge on any atom is -0.315 e. The molecule has 2 N–H and O–H groups in total. The molecule has 1 heterocycles. The van der Waals surface area contributed by atoms with Gasteiger partial charge in [-0.05, 0) is 63.4 Å². The standard InChI is InChI=1S/C17H25N3S/c1-13-8-9-16(14(2)10-13)20-12-19(11-18-17(20)21)15-6-4-3-5-7-15/h8-10,15H,3-7,11-12H2,1-2H3,(H,18,21)/p+1. The molecule has 1 saturated heterocycles. The maximum Gasteiger partial charge on any atom is 0.182 e. The predicted molar refractivity (Wildman–Crippen MR) is 91.7 cm³/mol. The van der Waals surface area contributed by atoms with Crippen LogP contribution in [0.15, 0.2) is 18.2 Å². The highest BCUT2D eigenvalue weighted by molar-refractivity contribution is 7.80. The zero-order valence-corrected chi connectivity index (χ0v) is 13.9. The number of benzene rings is 1. The molecule has 2 aliphatic rings. The van der Waals surface area contributed by atoms with Crippen LogP contribution in [-0.2, 0) is 0 Å². The Morgan fingerprint density at radius 3 is 2.67 bits per heavy atom. The number of anilines is 1. The van der Waals surface area contributed by atoms with E-state index < -0.39 is 0 Å². The highest BCUT2D eigenvalue weighted by atomic mass is 32.1. The molecule has 1 aliphatic heterocycles. The van der Waals surface area contributed by atoms with Gasteiger partial charge in [-0.15, -0.1) is 0 Å². The Balaban J connectivity index is 1.78. The predicted octanol–water partition coefficient (Wildman–Crippen LogP) is 2.13. The van der Waals surface area contributed by atoms with Gasteiger partial charge in [-0.25, -0.2) is 0 Å². The van der Waals surface area contributed by atoms with Crippen LogP contribution in [0.3, 0.4) is 0 Å². The molecule has 0 spiro atoms. The van der Waals surface area contributed by atoms with Crippen molar-refractivity contribution in [1.29, 1.82) is 0 Å². The first-order valence-corrected chi connectivity index (χ1v) is 8.53. The summed E-state index contributed by atoms with van der Waals surface area (Å²) in [6.45, 7) is 6.30. The van der Waals surface area contributed by atoms with Crippen LogP contribution in [0.5, 0.6) is 0 Å². The Morgan fingerprint density at radius 1 is 1.19 bits per heavy atom. The van der Waals surface area contributed by atoms with Crippen molar-refractivity contribution in [2.45, 2.75) is 52.0 Å². The van der Waals surface area contributed by atoms with Gasteiger partial charge in [-0.2, -0.15) is 0 Å². The van der Waals surface area contributed by atoms with Gasteiger partial charge in [0.05, 0.1) is 11.7 Å². The van der Waals surface area contributed by atoms with Crippen molar-refractivity contribution in [3.63, 3.8) is 0 Å². The Bertz CT molecular complexity index is 523. The van der Waals surface area contributed by atoms with Crippen molar-refractivity contribution in [1.82, 2.24) is 5.32 Å². The molecule has 1 aromatic rings. The van der Waals surface area contributed by atoms with Gasteiger partial charge in [0.15, 0.2) is 18.4 Å². The van der Waals surface area contributed by atoms with E-state index in [1.807, 2.05) is 0 Å². The maximum atomic E-state index is 5.56. The lowest BCUT2D eigenvalue weighted by molar-refractivity contribution is -0.929. The van der Waals surface area contributed by atoms with Crippen LogP contribution >= 0.6 is 12.2 Å². The molecule has 1 aliphatic carbocycles.